The Morgan fingerprint density at radius 2 is 2.20 bits per heavy atom. The maximum atomic E-state index is 6.07. The van der Waals surface area contributed by atoms with Crippen molar-refractivity contribution in [1.82, 2.24) is 0 Å². The molecule has 1 rings (SSSR count). The summed E-state index contributed by atoms with van der Waals surface area (Å²) in [6, 6.07) is 5.78. The Kier molecular flexibility index (Phi) is 5.29. The van der Waals surface area contributed by atoms with Crippen molar-refractivity contribution in [2.45, 2.75) is 24.0 Å². The van der Waals surface area contributed by atoms with Crippen LogP contribution in [0.15, 0.2) is 23.1 Å². The first kappa shape index (κ1) is 12.7. The van der Waals surface area contributed by atoms with E-state index in [-0.39, 0.29) is 0 Å². The quantitative estimate of drug-likeness (QED) is 0.810. The zero-order valence-electron chi connectivity index (χ0n) is 9.00. The Labute approximate surface area is 100 Å². The molecule has 0 aliphatic carbocycles. The third-order valence-electron chi connectivity index (χ3n) is 1.66. The van der Waals surface area contributed by atoms with Crippen molar-refractivity contribution in [3.8, 4) is 5.75 Å². The molecule has 84 valence electrons. The van der Waals surface area contributed by atoms with E-state index in [0.717, 1.165) is 10.6 Å². The molecule has 0 atom stereocenters. The van der Waals surface area contributed by atoms with Crippen molar-refractivity contribution in [3.63, 3.8) is 0 Å². The van der Waals surface area contributed by atoms with Gasteiger partial charge in [0, 0.05) is 11.8 Å². The maximum Gasteiger partial charge on any atom is 0.151 e. The van der Waals surface area contributed by atoms with Crippen LogP contribution in [0.2, 0.25) is 5.02 Å². The van der Waals surface area contributed by atoms with Crippen LogP contribution in [0.25, 0.3) is 0 Å². The fourth-order valence-corrected chi connectivity index (χ4v) is 2.36. The summed E-state index contributed by atoms with van der Waals surface area (Å²) < 4.78 is 5.54. The molecule has 4 heteroatoms. The molecular formula is C11H16ClNOS. The second-order valence-corrected chi connectivity index (χ2v) is 5.40. The molecule has 0 saturated heterocycles. The molecule has 1 aromatic rings. The Balaban J connectivity index is 2.87. The van der Waals surface area contributed by atoms with Gasteiger partial charge in [-0.2, -0.15) is 0 Å². The first-order chi connectivity index (χ1) is 7.15. The normalized spacial score (nSPS) is 10.7. The van der Waals surface area contributed by atoms with Crippen molar-refractivity contribution in [2.24, 2.45) is 5.73 Å². The van der Waals surface area contributed by atoms with Crippen LogP contribution in [0.4, 0.5) is 0 Å². The number of para-hydroxylation sites is 1. The molecule has 0 amide bonds. The van der Waals surface area contributed by atoms with Crippen LogP contribution in [0.3, 0.4) is 0 Å². The van der Waals surface area contributed by atoms with Gasteiger partial charge in [-0.15, -0.1) is 11.8 Å². The van der Waals surface area contributed by atoms with Crippen LogP contribution < -0.4 is 10.5 Å². The molecule has 1 aromatic carbocycles. The molecule has 0 aliphatic rings. The van der Waals surface area contributed by atoms with E-state index in [2.05, 4.69) is 13.8 Å². The molecule has 0 radical (unpaired) electrons. The molecule has 0 heterocycles. The number of hydrogen-bond donors (Lipinski definition) is 1. The highest BCUT2D eigenvalue weighted by molar-refractivity contribution is 8.00. The molecule has 0 unspecified atom stereocenters. The monoisotopic (exact) mass is 245 g/mol. The maximum absolute atomic E-state index is 6.07. The van der Waals surface area contributed by atoms with Gasteiger partial charge in [0.2, 0.25) is 0 Å². The van der Waals surface area contributed by atoms with Crippen molar-refractivity contribution in [3.05, 3.63) is 23.2 Å². The highest BCUT2D eigenvalue weighted by Gasteiger charge is 2.09. The van der Waals surface area contributed by atoms with Crippen molar-refractivity contribution < 1.29 is 4.74 Å². The zero-order chi connectivity index (χ0) is 11.3. The molecule has 0 aliphatic heterocycles. The third kappa shape index (κ3) is 3.93. The summed E-state index contributed by atoms with van der Waals surface area (Å²) >= 11 is 7.81. The minimum atomic E-state index is 0.495. The van der Waals surface area contributed by atoms with E-state index in [9.17, 15) is 0 Å². The lowest BCUT2D eigenvalue weighted by Crippen LogP contribution is -2.11. The van der Waals surface area contributed by atoms with E-state index in [1.54, 1.807) is 11.8 Å². The fourth-order valence-electron chi connectivity index (χ4n) is 1.14. The van der Waals surface area contributed by atoms with Crippen molar-refractivity contribution in [2.75, 3.05) is 13.2 Å². The summed E-state index contributed by atoms with van der Waals surface area (Å²) in [7, 11) is 0. The lowest BCUT2D eigenvalue weighted by molar-refractivity contribution is 0.321. The molecular weight excluding hydrogens is 230 g/mol. The van der Waals surface area contributed by atoms with Crippen LogP contribution in [0, 0.1) is 0 Å². The largest absolute Gasteiger partial charge is 0.490 e. The first-order valence-corrected chi connectivity index (χ1v) is 6.19. The van der Waals surface area contributed by atoms with Crippen molar-refractivity contribution in [1.29, 1.82) is 0 Å². The summed E-state index contributed by atoms with van der Waals surface area (Å²) in [6.07, 6.45) is 0. The second-order valence-electron chi connectivity index (χ2n) is 3.37. The number of benzene rings is 1. The van der Waals surface area contributed by atoms with E-state index in [0.29, 0.717) is 23.4 Å². The van der Waals surface area contributed by atoms with Gasteiger partial charge in [0.1, 0.15) is 6.61 Å². The number of nitrogens with two attached hydrogens (primary N) is 1. The second kappa shape index (κ2) is 6.26. The third-order valence-corrected chi connectivity index (χ3v) is 3.00. The predicted octanol–water partition coefficient (Wildman–Crippen LogP) is 3.18. The van der Waals surface area contributed by atoms with Gasteiger partial charge in [0.15, 0.2) is 5.75 Å². The average Bonchev–Trinajstić information content (AvgIpc) is 2.16. The van der Waals surface area contributed by atoms with Crippen LogP contribution in [0.1, 0.15) is 13.8 Å². The molecule has 0 fully saturated rings. The summed E-state index contributed by atoms with van der Waals surface area (Å²) in [5.74, 6) is 0.753. The van der Waals surface area contributed by atoms with Gasteiger partial charge in [-0.05, 0) is 12.1 Å². The van der Waals surface area contributed by atoms with Gasteiger partial charge in [-0.1, -0.05) is 31.5 Å². The standard InChI is InChI=1S/C11H16ClNOS/c1-8(2)15-10-5-3-4-9(12)11(10)14-7-6-13/h3-5,8H,6-7,13H2,1-2H3. The SMILES string of the molecule is CC(C)Sc1cccc(Cl)c1OCCN. The summed E-state index contributed by atoms with van der Waals surface area (Å²) in [6.45, 7) is 5.27. The summed E-state index contributed by atoms with van der Waals surface area (Å²) in [5, 5.41) is 1.15. The smallest absolute Gasteiger partial charge is 0.151 e. The van der Waals surface area contributed by atoms with Crippen LogP contribution in [0.5, 0.6) is 5.75 Å². The lowest BCUT2D eigenvalue weighted by atomic mass is 10.3. The lowest BCUT2D eigenvalue weighted by Gasteiger charge is -2.13. The Bertz CT molecular complexity index is 317. The van der Waals surface area contributed by atoms with Crippen molar-refractivity contribution >= 4 is 23.4 Å². The summed E-state index contributed by atoms with van der Waals surface area (Å²) in [4.78, 5) is 1.07. The molecule has 0 spiro atoms. The van der Waals surface area contributed by atoms with Gasteiger partial charge in [-0.3, -0.25) is 0 Å². The van der Waals surface area contributed by atoms with E-state index in [4.69, 9.17) is 22.1 Å². The average molecular weight is 246 g/mol. The highest BCUT2D eigenvalue weighted by Crippen LogP contribution is 2.37. The minimum absolute atomic E-state index is 0.495. The Hall–Kier alpha value is -0.380. The van der Waals surface area contributed by atoms with Crippen LogP contribution in [-0.4, -0.2) is 18.4 Å². The topological polar surface area (TPSA) is 35.2 Å². The first-order valence-electron chi connectivity index (χ1n) is 4.93. The van der Waals surface area contributed by atoms with Gasteiger partial charge in [0.05, 0.1) is 9.92 Å². The van der Waals surface area contributed by atoms with E-state index >= 15 is 0 Å². The molecule has 15 heavy (non-hydrogen) atoms. The van der Waals surface area contributed by atoms with Crippen LogP contribution in [-0.2, 0) is 0 Å². The Morgan fingerprint density at radius 1 is 1.47 bits per heavy atom. The van der Waals surface area contributed by atoms with Gasteiger partial charge in [-0.25, -0.2) is 0 Å². The number of rotatable bonds is 5. The highest BCUT2D eigenvalue weighted by atomic mass is 35.5. The molecule has 0 aromatic heterocycles. The van der Waals surface area contributed by atoms with Crippen LogP contribution >= 0.6 is 23.4 Å². The number of thioether (sulfide) groups is 1. The van der Waals surface area contributed by atoms with E-state index in [1.165, 1.54) is 0 Å². The molecule has 0 bridgehead atoms. The Morgan fingerprint density at radius 3 is 2.80 bits per heavy atom. The minimum Gasteiger partial charge on any atom is -0.490 e. The fraction of sp³-hybridized carbons (Fsp3) is 0.455. The van der Waals surface area contributed by atoms with E-state index in [1.807, 2.05) is 18.2 Å². The summed E-state index contributed by atoms with van der Waals surface area (Å²) in [5.41, 5.74) is 5.40. The van der Waals surface area contributed by atoms with E-state index < -0.39 is 0 Å². The molecule has 0 saturated carbocycles. The van der Waals surface area contributed by atoms with Gasteiger partial charge < -0.3 is 10.5 Å². The number of hydrogen-bond acceptors (Lipinski definition) is 3. The predicted molar refractivity (Wildman–Crippen MR) is 67.0 cm³/mol. The van der Waals surface area contributed by atoms with Gasteiger partial charge >= 0.3 is 0 Å². The van der Waals surface area contributed by atoms with Gasteiger partial charge in [0.25, 0.3) is 0 Å². The number of halogens is 1. The number of ether oxygens (including phenoxy) is 1. The molecule has 2 nitrogen and oxygen atoms in total. The molecule has 2 N–H and O–H groups in total. The zero-order valence-corrected chi connectivity index (χ0v) is 10.6.